The Kier molecular flexibility index (Phi) is 7.60. The lowest BCUT2D eigenvalue weighted by molar-refractivity contribution is -0.135. The highest BCUT2D eigenvalue weighted by Crippen LogP contribution is 2.29. The minimum atomic E-state index is -0.763. The molecule has 0 saturated carbocycles. The molecule has 34 heavy (non-hydrogen) atoms. The van der Waals surface area contributed by atoms with Crippen LogP contribution in [-0.2, 0) is 11.2 Å². The van der Waals surface area contributed by atoms with E-state index in [1.165, 1.54) is 7.11 Å². The highest BCUT2D eigenvalue weighted by molar-refractivity contribution is 6.30. The van der Waals surface area contributed by atoms with E-state index in [0.29, 0.717) is 35.7 Å². The first-order valence-electron chi connectivity index (χ1n) is 11.1. The molecule has 2 heterocycles. The summed E-state index contributed by atoms with van der Waals surface area (Å²) >= 11 is 6.06. The van der Waals surface area contributed by atoms with Crippen LogP contribution in [0.4, 0.5) is 0 Å². The second kappa shape index (κ2) is 11.0. The summed E-state index contributed by atoms with van der Waals surface area (Å²) in [5.74, 6) is -0.193. The number of benzene rings is 2. The number of aromatic nitrogens is 1. The molecule has 7 heteroatoms. The number of amides is 2. The van der Waals surface area contributed by atoms with Gasteiger partial charge in [-0.2, -0.15) is 0 Å². The Morgan fingerprint density at radius 1 is 1.15 bits per heavy atom. The maximum atomic E-state index is 13.9. The quantitative estimate of drug-likeness (QED) is 0.506. The van der Waals surface area contributed by atoms with Crippen molar-refractivity contribution in [1.29, 1.82) is 0 Å². The highest BCUT2D eigenvalue weighted by Gasteiger charge is 2.32. The molecule has 1 aliphatic heterocycles. The van der Waals surface area contributed by atoms with Gasteiger partial charge in [-0.25, -0.2) is 0 Å². The van der Waals surface area contributed by atoms with Gasteiger partial charge >= 0.3 is 0 Å². The van der Waals surface area contributed by atoms with E-state index in [-0.39, 0.29) is 11.9 Å². The van der Waals surface area contributed by atoms with Crippen molar-refractivity contribution in [2.45, 2.75) is 24.9 Å². The Morgan fingerprint density at radius 2 is 1.97 bits per heavy atom. The first-order valence-corrected chi connectivity index (χ1v) is 11.5. The molecule has 0 radical (unpaired) electrons. The lowest BCUT2D eigenvalue weighted by Crippen LogP contribution is -2.51. The molecule has 1 unspecified atom stereocenters. The SMILES string of the molecule is COc1cc(Cl)ccc1C(=O)N[C@H](Cc1ccccc1)C(=O)N1CC=CCC1c1cccnc1. The summed E-state index contributed by atoms with van der Waals surface area (Å²) in [4.78, 5) is 33.1. The average Bonchev–Trinajstić information content (AvgIpc) is 2.88. The number of ether oxygens (including phenoxy) is 1. The van der Waals surface area contributed by atoms with Gasteiger partial charge in [0.2, 0.25) is 5.91 Å². The first kappa shape index (κ1) is 23.5. The smallest absolute Gasteiger partial charge is 0.255 e. The molecule has 0 spiro atoms. The van der Waals surface area contributed by atoms with Gasteiger partial charge in [-0.3, -0.25) is 14.6 Å². The van der Waals surface area contributed by atoms with Crippen LogP contribution in [0.25, 0.3) is 0 Å². The third kappa shape index (κ3) is 5.46. The molecule has 2 aromatic carbocycles. The van der Waals surface area contributed by atoms with Gasteiger partial charge in [0.25, 0.3) is 5.91 Å². The Balaban J connectivity index is 1.63. The van der Waals surface area contributed by atoms with Crippen LogP contribution < -0.4 is 10.1 Å². The van der Waals surface area contributed by atoms with E-state index in [2.05, 4.69) is 16.4 Å². The molecule has 0 aliphatic carbocycles. The van der Waals surface area contributed by atoms with E-state index in [1.807, 2.05) is 53.4 Å². The van der Waals surface area contributed by atoms with Gasteiger partial charge in [-0.1, -0.05) is 60.2 Å². The van der Waals surface area contributed by atoms with Crippen molar-refractivity contribution in [1.82, 2.24) is 15.2 Å². The van der Waals surface area contributed by atoms with Crippen LogP contribution in [0.3, 0.4) is 0 Å². The minimum absolute atomic E-state index is 0.147. The van der Waals surface area contributed by atoms with Gasteiger partial charge in [-0.05, 0) is 41.8 Å². The molecule has 1 aliphatic rings. The fourth-order valence-corrected chi connectivity index (χ4v) is 4.30. The van der Waals surface area contributed by atoms with E-state index >= 15 is 0 Å². The van der Waals surface area contributed by atoms with Crippen molar-refractivity contribution < 1.29 is 14.3 Å². The molecule has 6 nitrogen and oxygen atoms in total. The molecule has 2 amide bonds. The van der Waals surface area contributed by atoms with E-state index in [1.54, 1.807) is 30.6 Å². The molecule has 4 rings (SSSR count). The van der Waals surface area contributed by atoms with Crippen LogP contribution in [0.15, 0.2) is 85.2 Å². The summed E-state index contributed by atoms with van der Waals surface area (Å²) in [6.45, 7) is 0.462. The number of halogens is 1. The molecular formula is C27H26ClN3O3. The zero-order chi connectivity index (χ0) is 23.9. The number of nitrogens with zero attached hydrogens (tertiary/aromatic N) is 2. The standard InChI is InChI=1S/C27H26ClN3O3/c1-34-25-17-21(28)12-13-22(25)26(32)30-23(16-19-8-3-2-4-9-19)27(33)31-15-6-5-11-24(31)20-10-7-14-29-18-20/h2-10,12-14,17-18,23-24H,11,15-16H2,1H3,(H,30,32)/t23-,24?/m1/s1. The molecule has 2 atom stereocenters. The number of hydrogen-bond acceptors (Lipinski definition) is 4. The summed E-state index contributed by atoms with van der Waals surface area (Å²) < 4.78 is 5.34. The van der Waals surface area contributed by atoms with Crippen LogP contribution >= 0.6 is 11.6 Å². The van der Waals surface area contributed by atoms with Gasteiger partial charge < -0.3 is 15.0 Å². The van der Waals surface area contributed by atoms with Crippen LogP contribution in [0, 0.1) is 0 Å². The number of carbonyl (C=O) groups is 2. The van der Waals surface area contributed by atoms with E-state index < -0.39 is 11.9 Å². The maximum absolute atomic E-state index is 13.9. The van der Waals surface area contributed by atoms with Crippen molar-refractivity contribution in [2.24, 2.45) is 0 Å². The summed E-state index contributed by atoms with van der Waals surface area (Å²) in [7, 11) is 1.48. The Morgan fingerprint density at radius 3 is 2.71 bits per heavy atom. The summed E-state index contributed by atoms with van der Waals surface area (Å²) in [6, 6.07) is 17.4. The molecule has 3 aromatic rings. The number of methoxy groups -OCH3 is 1. The predicted octanol–water partition coefficient (Wildman–Crippen LogP) is 4.61. The molecule has 1 aromatic heterocycles. The highest BCUT2D eigenvalue weighted by atomic mass is 35.5. The third-order valence-corrected chi connectivity index (χ3v) is 6.09. The molecule has 0 bridgehead atoms. The Hall–Kier alpha value is -3.64. The molecule has 0 saturated heterocycles. The van der Waals surface area contributed by atoms with Crippen molar-refractivity contribution in [3.8, 4) is 5.75 Å². The Bertz CT molecular complexity index is 1170. The summed E-state index contributed by atoms with van der Waals surface area (Å²) in [6.07, 6.45) is 8.61. The zero-order valence-corrected chi connectivity index (χ0v) is 19.6. The van der Waals surface area contributed by atoms with Crippen molar-refractivity contribution in [2.75, 3.05) is 13.7 Å². The predicted molar refractivity (Wildman–Crippen MR) is 132 cm³/mol. The fraction of sp³-hybridized carbons (Fsp3) is 0.222. The van der Waals surface area contributed by atoms with Crippen molar-refractivity contribution >= 4 is 23.4 Å². The number of hydrogen-bond donors (Lipinski definition) is 1. The van der Waals surface area contributed by atoms with Crippen LogP contribution in [-0.4, -0.2) is 41.4 Å². The number of nitrogens with one attached hydrogen (secondary N) is 1. The van der Waals surface area contributed by atoms with Crippen LogP contribution in [0.5, 0.6) is 5.75 Å². The van der Waals surface area contributed by atoms with Gasteiger partial charge in [0.1, 0.15) is 11.8 Å². The number of carbonyl (C=O) groups excluding carboxylic acids is 2. The molecule has 174 valence electrons. The van der Waals surface area contributed by atoms with Crippen LogP contribution in [0.2, 0.25) is 5.02 Å². The summed E-state index contributed by atoms with van der Waals surface area (Å²) in [5.41, 5.74) is 2.24. The summed E-state index contributed by atoms with van der Waals surface area (Å²) in [5, 5.41) is 3.41. The zero-order valence-electron chi connectivity index (χ0n) is 18.9. The largest absolute Gasteiger partial charge is 0.496 e. The lowest BCUT2D eigenvalue weighted by atomic mass is 9.97. The average molecular weight is 476 g/mol. The second-order valence-electron chi connectivity index (χ2n) is 8.06. The number of rotatable bonds is 7. The first-order chi connectivity index (χ1) is 16.6. The fourth-order valence-electron chi connectivity index (χ4n) is 4.14. The lowest BCUT2D eigenvalue weighted by Gasteiger charge is -2.36. The third-order valence-electron chi connectivity index (χ3n) is 5.85. The van der Waals surface area contributed by atoms with Crippen molar-refractivity contribution in [3.05, 3.63) is 107 Å². The van der Waals surface area contributed by atoms with Crippen LogP contribution in [0.1, 0.15) is 33.9 Å². The monoisotopic (exact) mass is 475 g/mol. The van der Waals surface area contributed by atoms with Gasteiger partial charge in [0.15, 0.2) is 0 Å². The molecular weight excluding hydrogens is 450 g/mol. The normalized spacial score (nSPS) is 16.1. The van der Waals surface area contributed by atoms with Crippen molar-refractivity contribution in [3.63, 3.8) is 0 Å². The van der Waals surface area contributed by atoms with Gasteiger partial charge in [0, 0.05) is 30.4 Å². The Labute approximate surface area is 204 Å². The topological polar surface area (TPSA) is 71.5 Å². The van der Waals surface area contributed by atoms with E-state index in [4.69, 9.17) is 16.3 Å². The number of pyridine rings is 1. The minimum Gasteiger partial charge on any atom is -0.496 e. The van der Waals surface area contributed by atoms with Gasteiger partial charge in [-0.15, -0.1) is 0 Å². The maximum Gasteiger partial charge on any atom is 0.255 e. The van der Waals surface area contributed by atoms with Gasteiger partial charge in [0.05, 0.1) is 18.7 Å². The molecule has 1 N–H and O–H groups in total. The molecule has 0 fully saturated rings. The van der Waals surface area contributed by atoms with E-state index in [0.717, 1.165) is 11.1 Å². The van der Waals surface area contributed by atoms with E-state index in [9.17, 15) is 9.59 Å². The second-order valence-corrected chi connectivity index (χ2v) is 8.50.